The van der Waals surface area contributed by atoms with Crippen molar-refractivity contribution in [3.05, 3.63) is 0 Å². The number of esters is 1. The van der Waals surface area contributed by atoms with Gasteiger partial charge in [0.1, 0.15) is 11.6 Å². The average molecular weight is 286 g/mol. The van der Waals surface area contributed by atoms with Gasteiger partial charge >= 0.3 is 12.1 Å². The Labute approximate surface area is 120 Å². The van der Waals surface area contributed by atoms with Crippen molar-refractivity contribution in [2.24, 2.45) is 0 Å². The summed E-state index contributed by atoms with van der Waals surface area (Å²) in [5.74, 6) is -0.213. The maximum atomic E-state index is 11.7. The first kappa shape index (κ1) is 16.8. The van der Waals surface area contributed by atoms with Crippen LogP contribution in [0.25, 0.3) is 0 Å². The number of alkyl carbamates (subject to hydrolysis) is 1. The maximum Gasteiger partial charge on any atom is 0.407 e. The summed E-state index contributed by atoms with van der Waals surface area (Å²) in [5.41, 5.74) is -0.502. The Bertz CT molecular complexity index is 339. The zero-order valence-corrected chi connectivity index (χ0v) is 12.8. The van der Waals surface area contributed by atoms with Gasteiger partial charge in [0.05, 0.1) is 6.61 Å². The van der Waals surface area contributed by atoms with E-state index in [-0.39, 0.29) is 18.1 Å². The molecule has 0 aromatic carbocycles. The Kier molecular flexibility index (Phi) is 6.26. The number of amides is 1. The van der Waals surface area contributed by atoms with Crippen LogP contribution in [0.2, 0.25) is 0 Å². The molecule has 2 atom stereocenters. The lowest BCUT2D eigenvalue weighted by atomic mass is 9.98. The van der Waals surface area contributed by atoms with Gasteiger partial charge in [0, 0.05) is 12.6 Å². The smallest absolute Gasteiger partial charge is 0.407 e. The molecule has 1 aliphatic rings. The van der Waals surface area contributed by atoms with E-state index in [1.54, 1.807) is 6.92 Å². The Balaban J connectivity index is 2.33. The highest BCUT2D eigenvalue weighted by Gasteiger charge is 2.27. The molecule has 2 unspecified atom stereocenters. The average Bonchev–Trinajstić information content (AvgIpc) is 2.35. The fourth-order valence-corrected chi connectivity index (χ4v) is 2.13. The Morgan fingerprint density at radius 2 is 2.00 bits per heavy atom. The van der Waals surface area contributed by atoms with Crippen molar-refractivity contribution in [3.63, 3.8) is 0 Å². The van der Waals surface area contributed by atoms with Crippen LogP contribution in [0.3, 0.4) is 0 Å². The van der Waals surface area contributed by atoms with E-state index in [1.165, 1.54) is 0 Å². The lowest BCUT2D eigenvalue weighted by Gasteiger charge is -2.30. The van der Waals surface area contributed by atoms with Crippen LogP contribution in [0.15, 0.2) is 0 Å². The number of ether oxygens (including phenoxy) is 2. The summed E-state index contributed by atoms with van der Waals surface area (Å²) in [4.78, 5) is 23.2. The molecular formula is C14H26N2O4. The SMILES string of the molecule is CCOC(=O)C1CCCC(CNC(=O)OC(C)(C)C)N1. The molecule has 116 valence electrons. The standard InChI is InChI=1S/C14H26N2O4/c1-5-19-12(17)11-8-6-7-10(16-11)9-15-13(18)20-14(2,3)4/h10-11,16H,5-9H2,1-4H3,(H,15,18). The van der Waals surface area contributed by atoms with Crippen molar-refractivity contribution in [2.75, 3.05) is 13.2 Å². The van der Waals surface area contributed by atoms with Gasteiger partial charge in [-0.3, -0.25) is 10.1 Å². The molecule has 0 saturated carbocycles. The van der Waals surface area contributed by atoms with Gasteiger partial charge in [-0.05, 0) is 47.0 Å². The minimum absolute atomic E-state index is 0.0747. The monoisotopic (exact) mass is 286 g/mol. The topological polar surface area (TPSA) is 76.7 Å². The van der Waals surface area contributed by atoms with E-state index in [9.17, 15) is 9.59 Å². The molecule has 2 N–H and O–H groups in total. The number of hydrogen-bond donors (Lipinski definition) is 2. The molecule has 1 aliphatic heterocycles. The molecule has 0 spiro atoms. The van der Waals surface area contributed by atoms with Crippen molar-refractivity contribution >= 4 is 12.1 Å². The van der Waals surface area contributed by atoms with Gasteiger partial charge in [-0.1, -0.05) is 0 Å². The fraction of sp³-hybridized carbons (Fsp3) is 0.857. The quantitative estimate of drug-likeness (QED) is 0.767. The third-order valence-electron chi connectivity index (χ3n) is 2.95. The van der Waals surface area contributed by atoms with E-state index >= 15 is 0 Å². The maximum absolute atomic E-state index is 11.7. The van der Waals surface area contributed by atoms with Crippen molar-refractivity contribution < 1.29 is 19.1 Å². The van der Waals surface area contributed by atoms with Crippen LogP contribution in [-0.4, -0.2) is 42.9 Å². The molecule has 1 heterocycles. The van der Waals surface area contributed by atoms with Gasteiger partial charge in [0.15, 0.2) is 0 Å². The van der Waals surface area contributed by atoms with Gasteiger partial charge in [0.2, 0.25) is 0 Å². The fourth-order valence-electron chi connectivity index (χ4n) is 2.13. The minimum atomic E-state index is -0.502. The number of hydrogen-bond acceptors (Lipinski definition) is 5. The van der Waals surface area contributed by atoms with E-state index in [1.807, 2.05) is 20.8 Å². The molecule has 6 heteroatoms. The lowest BCUT2D eigenvalue weighted by Crippen LogP contribution is -2.52. The molecular weight excluding hydrogens is 260 g/mol. The molecule has 0 aromatic heterocycles. The summed E-state index contributed by atoms with van der Waals surface area (Å²) in [6.45, 7) is 8.09. The number of carbonyl (C=O) groups excluding carboxylic acids is 2. The second-order valence-corrected chi connectivity index (χ2v) is 5.98. The first-order valence-corrected chi connectivity index (χ1v) is 7.21. The van der Waals surface area contributed by atoms with Crippen LogP contribution in [0.4, 0.5) is 4.79 Å². The summed E-state index contributed by atoms with van der Waals surface area (Å²) in [7, 11) is 0. The molecule has 0 aliphatic carbocycles. The number of nitrogens with one attached hydrogen (secondary N) is 2. The highest BCUT2D eigenvalue weighted by molar-refractivity contribution is 5.76. The highest BCUT2D eigenvalue weighted by Crippen LogP contribution is 2.14. The van der Waals surface area contributed by atoms with Crippen LogP contribution in [0, 0.1) is 0 Å². The predicted molar refractivity (Wildman–Crippen MR) is 75.4 cm³/mol. The molecule has 1 fully saturated rings. The molecule has 20 heavy (non-hydrogen) atoms. The zero-order chi connectivity index (χ0) is 15.2. The lowest BCUT2D eigenvalue weighted by molar-refractivity contribution is -0.146. The molecule has 6 nitrogen and oxygen atoms in total. The largest absolute Gasteiger partial charge is 0.465 e. The number of carbonyl (C=O) groups is 2. The Morgan fingerprint density at radius 1 is 1.30 bits per heavy atom. The zero-order valence-electron chi connectivity index (χ0n) is 12.8. The predicted octanol–water partition coefficient (Wildman–Crippen LogP) is 1.58. The van der Waals surface area contributed by atoms with E-state index < -0.39 is 11.7 Å². The highest BCUT2D eigenvalue weighted by atomic mass is 16.6. The molecule has 1 saturated heterocycles. The van der Waals surface area contributed by atoms with Crippen molar-refractivity contribution in [3.8, 4) is 0 Å². The van der Waals surface area contributed by atoms with Crippen LogP contribution < -0.4 is 10.6 Å². The van der Waals surface area contributed by atoms with Gasteiger partial charge < -0.3 is 14.8 Å². The summed E-state index contributed by atoms with van der Waals surface area (Å²) in [6, 6.07) is -0.195. The first-order chi connectivity index (χ1) is 9.31. The van der Waals surface area contributed by atoms with Crippen LogP contribution >= 0.6 is 0 Å². The van der Waals surface area contributed by atoms with E-state index in [2.05, 4.69) is 10.6 Å². The third kappa shape index (κ3) is 6.23. The summed E-state index contributed by atoms with van der Waals surface area (Å²) in [6.07, 6.45) is 2.21. The number of rotatable bonds is 4. The van der Waals surface area contributed by atoms with E-state index in [0.29, 0.717) is 13.2 Å². The van der Waals surface area contributed by atoms with Crippen LogP contribution in [0.1, 0.15) is 47.0 Å². The Morgan fingerprint density at radius 3 is 2.60 bits per heavy atom. The third-order valence-corrected chi connectivity index (χ3v) is 2.95. The van der Waals surface area contributed by atoms with Gasteiger partial charge in [-0.2, -0.15) is 0 Å². The summed E-state index contributed by atoms with van der Waals surface area (Å²) >= 11 is 0. The van der Waals surface area contributed by atoms with Crippen LogP contribution in [0.5, 0.6) is 0 Å². The molecule has 0 radical (unpaired) electrons. The van der Waals surface area contributed by atoms with Gasteiger partial charge in [-0.15, -0.1) is 0 Å². The normalized spacial score (nSPS) is 23.0. The molecule has 1 amide bonds. The molecule has 0 bridgehead atoms. The number of piperidine rings is 1. The van der Waals surface area contributed by atoms with Gasteiger partial charge in [0.25, 0.3) is 0 Å². The van der Waals surface area contributed by atoms with Crippen molar-refractivity contribution in [2.45, 2.75) is 64.6 Å². The van der Waals surface area contributed by atoms with E-state index in [0.717, 1.165) is 19.3 Å². The Hall–Kier alpha value is -1.30. The second-order valence-electron chi connectivity index (χ2n) is 5.98. The summed E-state index contributed by atoms with van der Waals surface area (Å²) < 4.78 is 10.2. The van der Waals surface area contributed by atoms with E-state index in [4.69, 9.17) is 9.47 Å². The second kappa shape index (κ2) is 7.47. The molecule has 1 rings (SSSR count). The van der Waals surface area contributed by atoms with Crippen molar-refractivity contribution in [1.29, 1.82) is 0 Å². The molecule has 0 aromatic rings. The van der Waals surface area contributed by atoms with Crippen LogP contribution in [-0.2, 0) is 14.3 Å². The van der Waals surface area contributed by atoms with Crippen molar-refractivity contribution in [1.82, 2.24) is 10.6 Å². The summed E-state index contributed by atoms with van der Waals surface area (Å²) in [5, 5.41) is 5.94. The van der Waals surface area contributed by atoms with Gasteiger partial charge in [-0.25, -0.2) is 4.79 Å². The first-order valence-electron chi connectivity index (χ1n) is 7.21. The minimum Gasteiger partial charge on any atom is -0.465 e.